The Hall–Kier alpha value is -0.960. The van der Waals surface area contributed by atoms with Crippen molar-refractivity contribution in [1.82, 2.24) is 15.3 Å². The van der Waals surface area contributed by atoms with E-state index in [1.165, 1.54) is 31.2 Å². The van der Waals surface area contributed by atoms with Gasteiger partial charge in [-0.2, -0.15) is 0 Å². The Kier molecular flexibility index (Phi) is 2.64. The van der Waals surface area contributed by atoms with E-state index in [2.05, 4.69) is 22.2 Å². The molecular weight excluding hydrogens is 198 g/mol. The van der Waals surface area contributed by atoms with Crippen LogP contribution >= 0.6 is 0 Å². The molecule has 2 aliphatic carbocycles. The van der Waals surface area contributed by atoms with Crippen LogP contribution in [-0.2, 0) is 6.54 Å². The molecule has 3 heteroatoms. The lowest BCUT2D eigenvalue weighted by atomic mass is 9.82. The first-order chi connectivity index (χ1) is 7.81. The molecule has 2 saturated carbocycles. The second-order valence-electron chi connectivity index (χ2n) is 5.38. The van der Waals surface area contributed by atoms with E-state index in [9.17, 15) is 0 Å². The van der Waals surface area contributed by atoms with Crippen LogP contribution in [0, 0.1) is 5.92 Å². The van der Waals surface area contributed by atoms with Crippen LogP contribution in [0.25, 0.3) is 0 Å². The van der Waals surface area contributed by atoms with Crippen molar-refractivity contribution in [3.05, 3.63) is 23.8 Å². The molecule has 1 aromatic heterocycles. The highest BCUT2D eigenvalue weighted by atomic mass is 14.9. The molecule has 0 saturated heterocycles. The average molecular weight is 217 g/mol. The molecule has 0 radical (unpaired) electrons. The molecule has 1 aromatic rings. The smallest absolute Gasteiger partial charge is 0.131 e. The summed E-state index contributed by atoms with van der Waals surface area (Å²) in [5, 5.41) is 3.55. The number of rotatable bonds is 4. The minimum absolute atomic E-state index is 0.662. The van der Waals surface area contributed by atoms with Crippen LogP contribution in [0.5, 0.6) is 0 Å². The molecule has 86 valence electrons. The first-order valence-electron chi connectivity index (χ1n) is 6.35. The Morgan fingerprint density at radius 2 is 1.94 bits per heavy atom. The van der Waals surface area contributed by atoms with Crippen molar-refractivity contribution >= 4 is 0 Å². The molecular formula is C13H19N3. The number of hydrogen-bond acceptors (Lipinski definition) is 3. The lowest BCUT2D eigenvalue weighted by Gasteiger charge is -2.33. The summed E-state index contributed by atoms with van der Waals surface area (Å²) in [7, 11) is 0. The summed E-state index contributed by atoms with van der Waals surface area (Å²) in [6.45, 7) is 3.23. The summed E-state index contributed by atoms with van der Waals surface area (Å²) >= 11 is 0. The minimum atomic E-state index is 0.662. The van der Waals surface area contributed by atoms with Gasteiger partial charge in [-0.25, -0.2) is 9.97 Å². The fourth-order valence-corrected chi connectivity index (χ4v) is 2.34. The van der Waals surface area contributed by atoms with Crippen LogP contribution in [-0.4, -0.2) is 16.0 Å². The largest absolute Gasteiger partial charge is 0.310 e. The van der Waals surface area contributed by atoms with Crippen LogP contribution in [0.15, 0.2) is 12.4 Å². The van der Waals surface area contributed by atoms with Gasteiger partial charge in [-0.3, -0.25) is 0 Å². The van der Waals surface area contributed by atoms with E-state index in [0.29, 0.717) is 5.92 Å². The summed E-state index contributed by atoms with van der Waals surface area (Å²) < 4.78 is 0. The number of hydrogen-bond donors (Lipinski definition) is 1. The zero-order chi connectivity index (χ0) is 11.0. The fraction of sp³-hybridized carbons (Fsp3) is 0.692. The standard InChI is InChI=1S/C13H19N3/c1-9-4-12(5-9)14-6-10-7-15-13(16-8-10)11-2-3-11/h7-9,11-12,14H,2-6H2,1H3. The molecule has 2 fully saturated rings. The number of nitrogens with zero attached hydrogens (tertiary/aromatic N) is 2. The van der Waals surface area contributed by atoms with Gasteiger partial charge in [0, 0.05) is 36.5 Å². The quantitative estimate of drug-likeness (QED) is 0.840. The van der Waals surface area contributed by atoms with E-state index in [1.807, 2.05) is 12.4 Å². The molecule has 0 aliphatic heterocycles. The molecule has 0 unspecified atom stereocenters. The normalized spacial score (nSPS) is 28.8. The van der Waals surface area contributed by atoms with Gasteiger partial charge in [0.05, 0.1) is 0 Å². The first kappa shape index (κ1) is 10.2. The van der Waals surface area contributed by atoms with Gasteiger partial charge in [-0.1, -0.05) is 6.92 Å². The second kappa shape index (κ2) is 4.13. The third-order valence-corrected chi connectivity index (χ3v) is 3.64. The molecule has 3 nitrogen and oxygen atoms in total. The lowest BCUT2D eigenvalue weighted by Crippen LogP contribution is -2.39. The Bertz CT molecular complexity index is 350. The average Bonchev–Trinajstić information content (AvgIpc) is 3.07. The Balaban J connectivity index is 1.50. The monoisotopic (exact) mass is 217 g/mol. The molecule has 1 N–H and O–H groups in total. The Morgan fingerprint density at radius 1 is 1.25 bits per heavy atom. The molecule has 0 amide bonds. The van der Waals surface area contributed by atoms with Crippen molar-refractivity contribution in [2.45, 2.75) is 51.1 Å². The van der Waals surface area contributed by atoms with Gasteiger partial charge < -0.3 is 5.32 Å². The van der Waals surface area contributed by atoms with E-state index >= 15 is 0 Å². The second-order valence-corrected chi connectivity index (χ2v) is 5.38. The van der Waals surface area contributed by atoms with Crippen LogP contribution in [0.2, 0.25) is 0 Å². The van der Waals surface area contributed by atoms with E-state index in [1.54, 1.807) is 0 Å². The summed E-state index contributed by atoms with van der Waals surface area (Å²) in [5.41, 5.74) is 1.21. The van der Waals surface area contributed by atoms with Crippen molar-refractivity contribution in [1.29, 1.82) is 0 Å². The maximum atomic E-state index is 4.43. The van der Waals surface area contributed by atoms with Gasteiger partial charge in [0.1, 0.15) is 5.82 Å². The molecule has 1 heterocycles. The third-order valence-electron chi connectivity index (χ3n) is 3.64. The van der Waals surface area contributed by atoms with Gasteiger partial charge in [0.25, 0.3) is 0 Å². The van der Waals surface area contributed by atoms with Crippen molar-refractivity contribution < 1.29 is 0 Å². The van der Waals surface area contributed by atoms with Crippen molar-refractivity contribution in [3.63, 3.8) is 0 Å². The van der Waals surface area contributed by atoms with Gasteiger partial charge in [0.2, 0.25) is 0 Å². The molecule has 0 atom stereocenters. The third kappa shape index (κ3) is 2.24. The van der Waals surface area contributed by atoms with Crippen molar-refractivity contribution in [2.24, 2.45) is 5.92 Å². The van der Waals surface area contributed by atoms with Gasteiger partial charge >= 0.3 is 0 Å². The van der Waals surface area contributed by atoms with E-state index < -0.39 is 0 Å². The van der Waals surface area contributed by atoms with Gasteiger partial charge in [-0.15, -0.1) is 0 Å². The lowest BCUT2D eigenvalue weighted by molar-refractivity contribution is 0.240. The molecule has 2 aliphatic rings. The van der Waals surface area contributed by atoms with Crippen LogP contribution in [0.1, 0.15) is 49.9 Å². The van der Waals surface area contributed by atoms with Crippen LogP contribution in [0.4, 0.5) is 0 Å². The maximum absolute atomic E-state index is 4.43. The van der Waals surface area contributed by atoms with Crippen molar-refractivity contribution in [2.75, 3.05) is 0 Å². The molecule has 16 heavy (non-hydrogen) atoms. The summed E-state index contributed by atoms with van der Waals surface area (Å²) in [4.78, 5) is 8.85. The van der Waals surface area contributed by atoms with Crippen LogP contribution < -0.4 is 5.32 Å². The Morgan fingerprint density at radius 3 is 2.50 bits per heavy atom. The maximum Gasteiger partial charge on any atom is 0.131 e. The molecule has 0 aromatic carbocycles. The SMILES string of the molecule is CC1CC(NCc2cnc(C3CC3)nc2)C1. The molecule has 3 rings (SSSR count). The summed E-state index contributed by atoms with van der Waals surface area (Å²) in [6.07, 6.45) is 9.16. The highest BCUT2D eigenvalue weighted by molar-refractivity contribution is 5.10. The predicted molar refractivity (Wildman–Crippen MR) is 63.0 cm³/mol. The highest BCUT2D eigenvalue weighted by Crippen LogP contribution is 2.37. The number of nitrogens with one attached hydrogen (secondary N) is 1. The van der Waals surface area contributed by atoms with Gasteiger partial charge in [0.15, 0.2) is 0 Å². The van der Waals surface area contributed by atoms with Gasteiger partial charge in [-0.05, 0) is 31.6 Å². The molecule has 0 bridgehead atoms. The first-order valence-corrected chi connectivity index (χ1v) is 6.35. The van der Waals surface area contributed by atoms with Crippen molar-refractivity contribution in [3.8, 4) is 0 Å². The topological polar surface area (TPSA) is 37.8 Å². The van der Waals surface area contributed by atoms with E-state index in [-0.39, 0.29) is 0 Å². The minimum Gasteiger partial charge on any atom is -0.310 e. The van der Waals surface area contributed by atoms with E-state index in [4.69, 9.17) is 0 Å². The van der Waals surface area contributed by atoms with E-state index in [0.717, 1.165) is 24.3 Å². The molecule has 0 spiro atoms. The zero-order valence-corrected chi connectivity index (χ0v) is 9.82. The summed E-state index contributed by atoms with van der Waals surface area (Å²) in [6, 6.07) is 0.720. The van der Waals surface area contributed by atoms with Crippen LogP contribution in [0.3, 0.4) is 0 Å². The highest BCUT2D eigenvalue weighted by Gasteiger charge is 2.26. The zero-order valence-electron chi connectivity index (χ0n) is 9.82. The fourth-order valence-electron chi connectivity index (χ4n) is 2.34. The summed E-state index contributed by atoms with van der Waals surface area (Å²) in [5.74, 6) is 2.61. The predicted octanol–water partition coefficient (Wildman–Crippen LogP) is 2.24. The number of aromatic nitrogens is 2. The Labute approximate surface area is 96.7 Å².